The number of nitrogens with zero attached hydrogens (tertiary/aromatic N) is 11. The molecule has 73 heavy (non-hydrogen) atoms. The van der Waals surface area contributed by atoms with Gasteiger partial charge in [-0.25, -0.2) is 37.9 Å². The summed E-state index contributed by atoms with van der Waals surface area (Å²) in [4.78, 5) is 65.5. The molecule has 7 heterocycles. The summed E-state index contributed by atoms with van der Waals surface area (Å²) in [6.07, 6.45) is 15.5. The zero-order chi connectivity index (χ0) is 53.4. The normalized spacial score (nSPS) is 12.7. The fourth-order valence-electron chi connectivity index (χ4n) is 7.12. The SMILES string of the molecule is CC(=O)OCC(CCc1cn2c(-c3cnn(C)c3)cnc2c(Nc2cc(C)ns2)n1)NC(=O)OC(C)(C)C.CC(=O)OCC(CCc1cn2c(-c3cnn(C)c3)cnc2c(S(C)(=O)=O)n1)NC(=O)OC(C)(C)C. The summed E-state index contributed by atoms with van der Waals surface area (Å²) in [6, 6.07) is 0.904. The summed E-state index contributed by atoms with van der Waals surface area (Å²) in [7, 11) is -0.0481. The predicted molar refractivity (Wildman–Crippen MR) is 270 cm³/mol. The van der Waals surface area contributed by atoms with Gasteiger partial charge in [-0.3, -0.25) is 27.8 Å². The van der Waals surface area contributed by atoms with Crippen LogP contribution in [0.5, 0.6) is 0 Å². The molecule has 26 heteroatoms. The maximum Gasteiger partial charge on any atom is 0.407 e. The lowest BCUT2D eigenvalue weighted by Gasteiger charge is -2.23. The number of aryl methyl sites for hydroxylation is 5. The van der Waals surface area contributed by atoms with E-state index in [1.54, 1.807) is 99.5 Å². The molecule has 0 aliphatic heterocycles. The zero-order valence-electron chi connectivity index (χ0n) is 42.9. The van der Waals surface area contributed by atoms with E-state index in [9.17, 15) is 27.6 Å². The van der Waals surface area contributed by atoms with Crippen LogP contribution in [0.4, 0.5) is 20.4 Å². The number of aromatic nitrogens is 11. The number of alkyl carbamates (subject to hydrolysis) is 2. The topological polar surface area (TPSA) is 284 Å². The van der Waals surface area contributed by atoms with Crippen LogP contribution in [-0.2, 0) is 65.3 Å². The minimum atomic E-state index is -3.69. The lowest BCUT2D eigenvalue weighted by Crippen LogP contribution is -2.42. The Hall–Kier alpha value is -7.48. The third-order valence-electron chi connectivity index (χ3n) is 10.2. The maximum absolute atomic E-state index is 12.5. The van der Waals surface area contributed by atoms with Crippen molar-refractivity contribution >= 4 is 67.6 Å². The number of amides is 2. The Bertz CT molecular complexity index is 3200. The molecule has 0 saturated carbocycles. The fourth-order valence-corrected chi connectivity index (χ4v) is 8.54. The number of hydrogen-bond acceptors (Lipinski definition) is 19. The first-order valence-electron chi connectivity index (χ1n) is 23.1. The van der Waals surface area contributed by atoms with E-state index in [1.165, 1.54) is 25.4 Å². The summed E-state index contributed by atoms with van der Waals surface area (Å²) in [5.41, 5.74) is 4.83. The Balaban J connectivity index is 0.000000239. The monoisotopic (exact) mass is 1050 g/mol. The second kappa shape index (κ2) is 22.9. The van der Waals surface area contributed by atoms with E-state index in [0.29, 0.717) is 42.1 Å². The van der Waals surface area contributed by atoms with Gasteiger partial charge in [0.05, 0.1) is 65.3 Å². The Morgan fingerprint density at radius 1 is 0.699 bits per heavy atom. The number of anilines is 2. The summed E-state index contributed by atoms with van der Waals surface area (Å²) < 4.78 is 57.3. The second-order valence-corrected chi connectivity index (χ2v) is 21.9. The molecule has 7 rings (SSSR count). The lowest BCUT2D eigenvalue weighted by atomic mass is 10.1. The van der Waals surface area contributed by atoms with E-state index in [4.69, 9.17) is 23.9 Å². The summed E-state index contributed by atoms with van der Waals surface area (Å²) >= 11 is 1.34. The van der Waals surface area contributed by atoms with Crippen LogP contribution < -0.4 is 16.0 Å². The van der Waals surface area contributed by atoms with Gasteiger partial charge < -0.3 is 34.9 Å². The lowest BCUT2D eigenvalue weighted by molar-refractivity contribution is -0.142. The van der Waals surface area contributed by atoms with E-state index in [0.717, 1.165) is 39.5 Å². The Labute approximate surface area is 426 Å². The predicted octanol–water partition coefficient (Wildman–Crippen LogP) is 5.95. The van der Waals surface area contributed by atoms with Crippen LogP contribution >= 0.6 is 11.5 Å². The number of carbonyl (C=O) groups excluding carboxylic acids is 4. The van der Waals surface area contributed by atoms with Gasteiger partial charge in [-0.2, -0.15) is 14.6 Å². The smallest absolute Gasteiger partial charge is 0.407 e. The molecule has 0 radical (unpaired) electrons. The van der Waals surface area contributed by atoms with Gasteiger partial charge in [0.15, 0.2) is 32.0 Å². The molecule has 0 spiro atoms. The molecular formula is C47H62N14O10S2. The number of nitrogens with one attached hydrogen (secondary N) is 3. The molecule has 0 bridgehead atoms. The number of ether oxygens (including phenoxy) is 4. The Morgan fingerprint density at radius 2 is 1.16 bits per heavy atom. The Kier molecular flexibility index (Phi) is 17.2. The van der Waals surface area contributed by atoms with Crippen molar-refractivity contribution in [1.29, 1.82) is 0 Å². The van der Waals surface area contributed by atoms with Crippen LogP contribution in [0.15, 0.2) is 60.7 Å². The minimum absolute atomic E-state index is 0.0219. The third-order valence-corrected chi connectivity index (χ3v) is 12.0. The fraction of sp³-hybridized carbons (Fsp3) is 0.468. The highest BCUT2D eigenvalue weighted by molar-refractivity contribution is 7.90. The molecule has 392 valence electrons. The quantitative estimate of drug-likeness (QED) is 0.0701. The van der Waals surface area contributed by atoms with Gasteiger partial charge in [-0.1, -0.05) is 0 Å². The van der Waals surface area contributed by atoms with E-state index < -0.39 is 57.2 Å². The molecule has 0 saturated heterocycles. The van der Waals surface area contributed by atoms with E-state index in [2.05, 4.69) is 45.5 Å². The van der Waals surface area contributed by atoms with Crippen molar-refractivity contribution in [2.24, 2.45) is 14.1 Å². The molecule has 0 fully saturated rings. The number of carbonyl (C=O) groups is 4. The van der Waals surface area contributed by atoms with Crippen LogP contribution in [-0.4, -0.2) is 128 Å². The third kappa shape index (κ3) is 16.0. The second-order valence-electron chi connectivity index (χ2n) is 19.2. The number of hydrogen-bond donors (Lipinski definition) is 3. The number of fused-ring (bicyclic) bond motifs is 2. The van der Waals surface area contributed by atoms with E-state index >= 15 is 0 Å². The van der Waals surface area contributed by atoms with Gasteiger partial charge in [-0.15, -0.1) is 0 Å². The molecule has 2 atom stereocenters. The molecule has 3 N–H and O–H groups in total. The summed E-state index contributed by atoms with van der Waals surface area (Å²) in [5.74, 6) is -0.330. The highest BCUT2D eigenvalue weighted by atomic mass is 32.2. The average molecular weight is 1050 g/mol. The molecule has 0 aliphatic carbocycles. The minimum Gasteiger partial charge on any atom is -0.464 e. The van der Waals surface area contributed by atoms with Crippen molar-refractivity contribution < 1.29 is 46.5 Å². The molecule has 7 aromatic rings. The van der Waals surface area contributed by atoms with E-state index in [1.807, 2.05) is 36.8 Å². The van der Waals surface area contributed by atoms with Crippen LogP contribution in [0.2, 0.25) is 0 Å². The number of esters is 2. The van der Waals surface area contributed by atoms with Gasteiger partial charge >= 0.3 is 24.1 Å². The molecule has 0 aromatic carbocycles. The van der Waals surface area contributed by atoms with Crippen LogP contribution in [0.3, 0.4) is 0 Å². The molecular weight excluding hydrogens is 985 g/mol. The summed E-state index contributed by atoms with van der Waals surface area (Å²) in [5, 5.41) is 18.0. The molecule has 2 amide bonds. The zero-order valence-corrected chi connectivity index (χ0v) is 44.5. The maximum atomic E-state index is 12.5. The first-order chi connectivity index (χ1) is 34.2. The highest BCUT2D eigenvalue weighted by Gasteiger charge is 2.25. The molecule has 24 nitrogen and oxygen atoms in total. The molecule has 2 unspecified atom stereocenters. The van der Waals surface area contributed by atoms with Crippen molar-refractivity contribution in [2.45, 2.75) is 116 Å². The standard InChI is InChI=1S/C25H32N8O4S.C22H30N6O6S/c1-15-9-21(38-31-15)30-22-23-26-11-20(17-10-27-32(6)12-17)33(23)13-18(28-22)7-8-19(14-36-16(2)34)29-24(35)37-25(3,4)5;1-14(29)33-13-17(26-21(30)34-22(2,3)4)8-7-16-12-28-18(15-9-24-27(5)11-15)10-23-19(28)20(25-16)35(6,31)32/h9-13,19H,7-8,14H2,1-6H3,(H,28,30)(H,29,35);9-12,17H,7-8,13H2,1-6H3,(H,26,30). The largest absolute Gasteiger partial charge is 0.464 e. The molecule has 7 aromatic heterocycles. The van der Waals surface area contributed by atoms with Crippen molar-refractivity contribution in [1.82, 2.24) is 63.3 Å². The van der Waals surface area contributed by atoms with Crippen molar-refractivity contribution in [3.8, 4) is 22.5 Å². The summed E-state index contributed by atoms with van der Waals surface area (Å²) in [6.45, 7) is 15.1. The van der Waals surface area contributed by atoms with Gasteiger partial charge in [0, 0.05) is 70.1 Å². The first-order valence-corrected chi connectivity index (χ1v) is 25.7. The van der Waals surface area contributed by atoms with Crippen molar-refractivity contribution in [3.05, 3.63) is 72.7 Å². The van der Waals surface area contributed by atoms with Gasteiger partial charge in [0.2, 0.25) is 0 Å². The van der Waals surface area contributed by atoms with Crippen molar-refractivity contribution in [3.63, 3.8) is 0 Å². The van der Waals surface area contributed by atoms with Crippen LogP contribution in [0.25, 0.3) is 33.8 Å². The number of sulfone groups is 1. The Morgan fingerprint density at radius 3 is 1.58 bits per heavy atom. The van der Waals surface area contributed by atoms with Crippen molar-refractivity contribution in [2.75, 3.05) is 24.8 Å². The molecule has 0 aliphatic rings. The van der Waals surface area contributed by atoms with Gasteiger partial charge in [0.1, 0.15) is 29.4 Å². The average Bonchev–Trinajstić information content (AvgIpc) is 4.13. The van der Waals surface area contributed by atoms with Crippen LogP contribution in [0, 0.1) is 6.92 Å². The number of rotatable bonds is 17. The highest BCUT2D eigenvalue weighted by Crippen LogP contribution is 2.29. The number of imidazole rings is 2. The van der Waals surface area contributed by atoms with Crippen LogP contribution in [0.1, 0.15) is 85.3 Å². The van der Waals surface area contributed by atoms with E-state index in [-0.39, 0.29) is 30.3 Å². The first kappa shape index (κ1) is 54.8. The van der Waals surface area contributed by atoms with Gasteiger partial charge in [-0.05, 0) is 91.7 Å². The van der Waals surface area contributed by atoms with Gasteiger partial charge in [0.25, 0.3) is 0 Å².